The number of carbonyl (C=O) groups is 3. The molecule has 1 amide bonds. The molecule has 0 aliphatic carbocycles. The van der Waals surface area contributed by atoms with Crippen LogP contribution in [0.5, 0.6) is 0 Å². The van der Waals surface area contributed by atoms with Gasteiger partial charge in [0.1, 0.15) is 13.2 Å². The highest BCUT2D eigenvalue weighted by molar-refractivity contribution is 7.47. The molecule has 0 radical (unpaired) electrons. The second-order valence-corrected chi connectivity index (χ2v) is 9.36. The number of hydrogen-bond acceptors (Lipinski definition) is 13. The van der Waals surface area contributed by atoms with E-state index in [1.807, 2.05) is 0 Å². The predicted molar refractivity (Wildman–Crippen MR) is 144 cm³/mol. The Balaban J connectivity index is 3.76. The molecule has 0 aromatic rings. The first-order chi connectivity index (χ1) is 19.7. The van der Waals surface area contributed by atoms with E-state index in [9.17, 15) is 23.8 Å². The van der Waals surface area contributed by atoms with Crippen LogP contribution in [-0.2, 0) is 61.2 Å². The lowest BCUT2D eigenvalue weighted by molar-refractivity contribution is -0.160. The molecule has 238 valence electrons. The number of phosphoric acid groups is 1. The fourth-order valence-corrected chi connectivity index (χ4v) is 3.25. The van der Waals surface area contributed by atoms with E-state index in [1.165, 1.54) is 0 Å². The van der Waals surface area contributed by atoms with Crippen LogP contribution in [0.2, 0.25) is 0 Å². The number of terminal acetylenes is 1. The summed E-state index contributed by atoms with van der Waals surface area (Å²) >= 11 is 0. The maximum Gasteiger partial charge on any atom is 0.472 e. The molecule has 0 aliphatic rings. The lowest BCUT2D eigenvalue weighted by Crippen LogP contribution is -2.30. The average molecular weight is 614 g/mol. The standard InChI is InChI=1S/C25H44NO14P/c1-4-9-32-12-14-34-16-18-36-19-17-35-15-13-33-10-7-23(27)26-8-11-38-41(30,31)39-21-22(40-25(29)6-3)20-37-24(28)5-2/h1,22H,5-21H2,2-3H3,(H,26,27)(H,30,31)/t22-/m1/s1. The van der Waals surface area contributed by atoms with Crippen molar-refractivity contribution < 1.29 is 66.0 Å². The first-order valence-electron chi connectivity index (χ1n) is 13.3. The molecule has 16 heteroatoms. The van der Waals surface area contributed by atoms with Crippen LogP contribution in [0.25, 0.3) is 0 Å². The van der Waals surface area contributed by atoms with Crippen molar-refractivity contribution in [2.24, 2.45) is 0 Å². The van der Waals surface area contributed by atoms with Gasteiger partial charge in [-0.05, 0) is 0 Å². The average Bonchev–Trinajstić information content (AvgIpc) is 2.96. The summed E-state index contributed by atoms with van der Waals surface area (Å²) in [4.78, 5) is 44.5. The predicted octanol–water partition coefficient (Wildman–Crippen LogP) is 0.618. The molecule has 0 heterocycles. The highest BCUT2D eigenvalue weighted by atomic mass is 31.2. The molecule has 0 bridgehead atoms. The van der Waals surface area contributed by atoms with Gasteiger partial charge in [-0.2, -0.15) is 0 Å². The van der Waals surface area contributed by atoms with E-state index in [1.54, 1.807) is 13.8 Å². The molecule has 0 aliphatic heterocycles. The lowest BCUT2D eigenvalue weighted by atomic mass is 10.4. The van der Waals surface area contributed by atoms with E-state index >= 15 is 0 Å². The van der Waals surface area contributed by atoms with Crippen LogP contribution in [0.4, 0.5) is 0 Å². The summed E-state index contributed by atoms with van der Waals surface area (Å²) in [6.45, 7) is 5.57. The molecule has 0 rings (SSSR count). The Hall–Kier alpha value is -2.12. The van der Waals surface area contributed by atoms with E-state index in [2.05, 4.69) is 11.2 Å². The summed E-state index contributed by atoms with van der Waals surface area (Å²) in [6, 6.07) is 0. The van der Waals surface area contributed by atoms with Crippen molar-refractivity contribution in [3.63, 3.8) is 0 Å². The molecule has 0 aromatic heterocycles. The Bertz CT molecular complexity index is 791. The Morgan fingerprint density at radius 1 is 0.780 bits per heavy atom. The molecular formula is C25H44NO14P. The van der Waals surface area contributed by atoms with Gasteiger partial charge < -0.3 is 43.4 Å². The van der Waals surface area contributed by atoms with Crippen LogP contribution < -0.4 is 5.32 Å². The van der Waals surface area contributed by atoms with Crippen molar-refractivity contribution in [1.82, 2.24) is 5.32 Å². The number of rotatable bonds is 28. The Morgan fingerprint density at radius 2 is 1.32 bits per heavy atom. The molecule has 2 atom stereocenters. The largest absolute Gasteiger partial charge is 0.472 e. The Kier molecular flexibility index (Phi) is 25.4. The van der Waals surface area contributed by atoms with Crippen LogP contribution >= 0.6 is 7.82 Å². The Labute approximate surface area is 241 Å². The van der Waals surface area contributed by atoms with E-state index in [-0.39, 0.29) is 58.1 Å². The third-order valence-corrected chi connectivity index (χ3v) is 5.54. The second kappa shape index (κ2) is 26.8. The first-order valence-corrected chi connectivity index (χ1v) is 14.8. The summed E-state index contributed by atoms with van der Waals surface area (Å²) in [7, 11) is -4.51. The fourth-order valence-electron chi connectivity index (χ4n) is 2.50. The SMILES string of the molecule is C#CCOCCOCCOCCOCCOCCC(=O)NCCOP(=O)(O)OC[C@@H](COC(=O)CC)OC(=O)CC. The van der Waals surface area contributed by atoms with Crippen LogP contribution in [-0.4, -0.2) is 121 Å². The number of hydrogen-bond donors (Lipinski definition) is 2. The molecule has 0 saturated heterocycles. The van der Waals surface area contributed by atoms with E-state index in [4.69, 9.17) is 48.6 Å². The zero-order valence-corrected chi connectivity index (χ0v) is 24.8. The third kappa shape index (κ3) is 26.5. The van der Waals surface area contributed by atoms with Gasteiger partial charge in [0.15, 0.2) is 6.10 Å². The summed E-state index contributed by atoms with van der Waals surface area (Å²) in [5.41, 5.74) is 0. The highest BCUT2D eigenvalue weighted by Gasteiger charge is 2.25. The smallest absolute Gasteiger partial charge is 0.462 e. The zero-order valence-electron chi connectivity index (χ0n) is 23.9. The van der Waals surface area contributed by atoms with Crippen molar-refractivity contribution in [3.8, 4) is 12.3 Å². The lowest BCUT2D eigenvalue weighted by Gasteiger charge is -2.19. The topological polar surface area (TPSA) is 184 Å². The first kappa shape index (κ1) is 38.9. The molecule has 15 nitrogen and oxygen atoms in total. The van der Waals surface area contributed by atoms with Crippen LogP contribution in [0.15, 0.2) is 0 Å². The molecule has 0 saturated carbocycles. The zero-order chi connectivity index (χ0) is 30.6. The summed E-state index contributed by atoms with van der Waals surface area (Å²) in [5.74, 6) is 0.900. The minimum atomic E-state index is -4.51. The number of esters is 2. The number of amides is 1. The normalized spacial score (nSPS) is 13.1. The minimum absolute atomic E-state index is 0.0528. The number of ether oxygens (including phenoxy) is 7. The van der Waals surface area contributed by atoms with E-state index < -0.39 is 32.5 Å². The van der Waals surface area contributed by atoms with Gasteiger partial charge in [-0.15, -0.1) is 6.42 Å². The van der Waals surface area contributed by atoms with Gasteiger partial charge in [0.2, 0.25) is 5.91 Å². The molecule has 0 spiro atoms. The summed E-state index contributed by atoms with van der Waals surface area (Å²) in [6.07, 6.45) is 4.22. The highest BCUT2D eigenvalue weighted by Crippen LogP contribution is 2.43. The van der Waals surface area contributed by atoms with Crippen LogP contribution in [0.3, 0.4) is 0 Å². The van der Waals surface area contributed by atoms with Gasteiger partial charge in [0, 0.05) is 25.8 Å². The maximum absolute atomic E-state index is 12.0. The molecule has 2 N–H and O–H groups in total. The van der Waals surface area contributed by atoms with E-state index in [0.717, 1.165) is 0 Å². The summed E-state index contributed by atoms with van der Waals surface area (Å²) in [5, 5.41) is 2.51. The number of carbonyl (C=O) groups excluding carboxylic acids is 3. The van der Waals surface area contributed by atoms with Crippen LogP contribution in [0, 0.1) is 12.3 Å². The Morgan fingerprint density at radius 3 is 1.85 bits per heavy atom. The molecule has 0 aromatic carbocycles. The summed E-state index contributed by atoms with van der Waals surface area (Å²) < 4.78 is 58.0. The molecule has 41 heavy (non-hydrogen) atoms. The van der Waals surface area contributed by atoms with Crippen molar-refractivity contribution in [2.75, 3.05) is 92.4 Å². The van der Waals surface area contributed by atoms with Crippen molar-refractivity contribution in [1.29, 1.82) is 0 Å². The third-order valence-electron chi connectivity index (χ3n) is 4.55. The number of nitrogens with one attached hydrogen (secondary N) is 1. The quantitative estimate of drug-likeness (QED) is 0.0542. The maximum atomic E-state index is 12.0. The van der Waals surface area contributed by atoms with Crippen molar-refractivity contribution in [3.05, 3.63) is 0 Å². The fraction of sp³-hybridized carbons (Fsp3) is 0.800. The second-order valence-electron chi connectivity index (χ2n) is 7.91. The van der Waals surface area contributed by atoms with Crippen molar-refractivity contribution in [2.45, 2.75) is 39.2 Å². The van der Waals surface area contributed by atoms with Crippen molar-refractivity contribution >= 4 is 25.7 Å². The number of phosphoric ester groups is 1. The van der Waals surface area contributed by atoms with Crippen LogP contribution in [0.1, 0.15) is 33.1 Å². The van der Waals surface area contributed by atoms with Gasteiger partial charge in [-0.25, -0.2) is 4.57 Å². The van der Waals surface area contributed by atoms with E-state index in [0.29, 0.717) is 52.9 Å². The van der Waals surface area contributed by atoms with Gasteiger partial charge in [0.05, 0.1) is 72.7 Å². The van der Waals surface area contributed by atoms with Gasteiger partial charge >= 0.3 is 19.8 Å². The monoisotopic (exact) mass is 613 g/mol. The molecule has 1 unspecified atom stereocenters. The van der Waals surface area contributed by atoms with Gasteiger partial charge in [0.25, 0.3) is 0 Å². The molecular weight excluding hydrogens is 569 g/mol. The minimum Gasteiger partial charge on any atom is -0.462 e. The van der Waals surface area contributed by atoms with Gasteiger partial charge in [-0.1, -0.05) is 19.8 Å². The van der Waals surface area contributed by atoms with Gasteiger partial charge in [-0.3, -0.25) is 23.4 Å². The molecule has 0 fully saturated rings.